The molecular weight excluding hydrogens is 286 g/mol. The Morgan fingerprint density at radius 1 is 1.23 bits per heavy atom. The average molecular weight is 297 g/mol. The lowest BCUT2D eigenvalue weighted by atomic mass is 10.3. The molecule has 22 heavy (non-hydrogen) atoms. The summed E-state index contributed by atoms with van der Waals surface area (Å²) in [4.78, 5) is 24.4. The molecule has 8 heteroatoms. The molecule has 0 spiro atoms. The predicted octanol–water partition coefficient (Wildman–Crippen LogP) is 0.179. The van der Waals surface area contributed by atoms with Crippen LogP contribution < -0.4 is 16.0 Å². The first-order valence-corrected chi connectivity index (χ1v) is 6.38. The molecule has 0 atom stereocenters. The van der Waals surface area contributed by atoms with Crippen LogP contribution in [0, 0.1) is 11.3 Å². The van der Waals surface area contributed by atoms with Gasteiger partial charge in [0.2, 0.25) is 5.65 Å². The summed E-state index contributed by atoms with van der Waals surface area (Å²) < 4.78 is 8.52. The van der Waals surface area contributed by atoms with Gasteiger partial charge in [-0.1, -0.05) is 0 Å². The van der Waals surface area contributed by atoms with Crippen molar-refractivity contribution in [1.82, 2.24) is 18.7 Å². The summed E-state index contributed by atoms with van der Waals surface area (Å²) in [7, 11) is 1.56. The molecule has 1 aromatic carbocycles. The minimum absolute atomic E-state index is 0.0291. The number of benzene rings is 1. The number of nitrogens with zero attached hydrogens (tertiary/aromatic N) is 5. The second-order valence-corrected chi connectivity index (χ2v) is 4.46. The monoisotopic (exact) mass is 297 g/mol. The highest BCUT2D eigenvalue weighted by Crippen LogP contribution is 2.13. The van der Waals surface area contributed by atoms with E-state index in [1.165, 1.54) is 17.0 Å². The number of hydrogen-bond donors (Lipinski definition) is 0. The molecule has 0 unspecified atom stereocenters. The van der Waals surface area contributed by atoms with Gasteiger partial charge in [-0.25, -0.2) is 9.20 Å². The molecule has 3 aromatic rings. The van der Waals surface area contributed by atoms with Gasteiger partial charge >= 0.3 is 11.2 Å². The van der Waals surface area contributed by atoms with Gasteiger partial charge in [0.25, 0.3) is 0 Å². The van der Waals surface area contributed by atoms with Crippen molar-refractivity contribution in [2.75, 3.05) is 7.11 Å². The highest BCUT2D eigenvalue weighted by molar-refractivity contribution is 5.42. The van der Waals surface area contributed by atoms with Crippen molar-refractivity contribution in [1.29, 1.82) is 5.26 Å². The number of rotatable bonds is 3. The van der Waals surface area contributed by atoms with Crippen LogP contribution in [0.25, 0.3) is 11.3 Å². The molecular formula is C14H11N5O3. The number of ether oxygens (including phenoxy) is 1. The molecule has 0 amide bonds. The van der Waals surface area contributed by atoms with E-state index in [0.29, 0.717) is 11.4 Å². The van der Waals surface area contributed by atoms with Crippen molar-refractivity contribution >= 4 is 5.65 Å². The highest BCUT2D eigenvalue weighted by Gasteiger charge is 2.12. The Morgan fingerprint density at radius 2 is 1.95 bits per heavy atom. The lowest BCUT2D eigenvalue weighted by Crippen LogP contribution is -2.24. The summed E-state index contributed by atoms with van der Waals surface area (Å²) in [5.74, 6) is 0.674. The van der Waals surface area contributed by atoms with E-state index in [1.807, 2.05) is 6.07 Å². The minimum Gasteiger partial charge on any atom is -0.497 e. The molecule has 0 bridgehead atoms. The zero-order valence-electron chi connectivity index (χ0n) is 11.6. The molecule has 2 heterocycles. The van der Waals surface area contributed by atoms with Gasteiger partial charge in [-0.3, -0.25) is 9.36 Å². The van der Waals surface area contributed by atoms with Crippen LogP contribution in [0.3, 0.4) is 0 Å². The van der Waals surface area contributed by atoms with Crippen molar-refractivity contribution in [2.45, 2.75) is 6.54 Å². The molecule has 110 valence electrons. The quantitative estimate of drug-likeness (QED) is 0.687. The van der Waals surface area contributed by atoms with Gasteiger partial charge in [0.1, 0.15) is 12.3 Å². The van der Waals surface area contributed by atoms with E-state index in [2.05, 4.69) is 5.10 Å². The van der Waals surface area contributed by atoms with E-state index >= 15 is 0 Å². The first kappa shape index (κ1) is 13.6. The van der Waals surface area contributed by atoms with Crippen LogP contribution in [0.5, 0.6) is 5.75 Å². The summed E-state index contributed by atoms with van der Waals surface area (Å²) in [5.41, 5.74) is -0.369. The van der Waals surface area contributed by atoms with E-state index in [0.717, 1.165) is 9.08 Å². The smallest absolute Gasteiger partial charge is 0.351 e. The molecule has 0 saturated heterocycles. The Labute approximate surface area is 124 Å². The second-order valence-electron chi connectivity index (χ2n) is 4.46. The maximum absolute atomic E-state index is 12.5. The maximum atomic E-state index is 12.5. The lowest BCUT2D eigenvalue weighted by molar-refractivity contribution is 0.414. The number of hydrogen-bond acceptors (Lipinski definition) is 5. The van der Waals surface area contributed by atoms with E-state index in [4.69, 9.17) is 10.00 Å². The van der Waals surface area contributed by atoms with Crippen LogP contribution in [0.2, 0.25) is 0 Å². The van der Waals surface area contributed by atoms with Crippen molar-refractivity contribution < 1.29 is 4.74 Å². The average Bonchev–Trinajstić information content (AvgIpc) is 2.86. The molecule has 0 N–H and O–H groups in total. The van der Waals surface area contributed by atoms with Crippen LogP contribution in [-0.4, -0.2) is 25.9 Å². The van der Waals surface area contributed by atoms with Crippen LogP contribution in [0.1, 0.15) is 0 Å². The van der Waals surface area contributed by atoms with Crippen molar-refractivity contribution in [3.05, 3.63) is 57.5 Å². The molecule has 3 rings (SSSR count). The Bertz CT molecular complexity index is 988. The third-order valence-electron chi connectivity index (χ3n) is 3.22. The van der Waals surface area contributed by atoms with Crippen LogP contribution >= 0.6 is 0 Å². The summed E-state index contributed by atoms with van der Waals surface area (Å²) in [6.45, 7) is -0.206. The summed E-state index contributed by atoms with van der Waals surface area (Å²) in [5, 5.41) is 12.6. The van der Waals surface area contributed by atoms with Crippen molar-refractivity contribution in [3.8, 4) is 17.5 Å². The minimum atomic E-state index is -0.518. The third-order valence-corrected chi connectivity index (χ3v) is 3.22. The molecule has 0 aliphatic rings. The first-order chi connectivity index (χ1) is 10.7. The fourth-order valence-corrected chi connectivity index (χ4v) is 2.13. The standard InChI is InChI=1S/C14H11N5O3/c1-22-11-4-2-10(3-5-11)17-8-9-18-12(13(17)20)16-19(7-6-15)14(18)21/h2-5,8-9H,7H2,1H3. The normalized spacial score (nSPS) is 10.5. The topological polar surface area (TPSA) is 94.3 Å². The third kappa shape index (κ3) is 2.05. The predicted molar refractivity (Wildman–Crippen MR) is 77.2 cm³/mol. The van der Waals surface area contributed by atoms with E-state index < -0.39 is 11.2 Å². The second kappa shape index (κ2) is 5.21. The molecule has 8 nitrogen and oxygen atoms in total. The Balaban J connectivity index is 2.20. The van der Waals surface area contributed by atoms with Gasteiger partial charge in [0.05, 0.1) is 13.2 Å². The fourth-order valence-electron chi connectivity index (χ4n) is 2.13. The van der Waals surface area contributed by atoms with Crippen molar-refractivity contribution in [2.24, 2.45) is 0 Å². The highest BCUT2D eigenvalue weighted by atomic mass is 16.5. The van der Waals surface area contributed by atoms with Gasteiger partial charge in [-0.2, -0.15) is 9.94 Å². The molecule has 2 aromatic heterocycles. The zero-order valence-corrected chi connectivity index (χ0v) is 11.6. The molecule has 0 aliphatic heterocycles. The fraction of sp³-hybridized carbons (Fsp3) is 0.143. The van der Waals surface area contributed by atoms with Crippen LogP contribution in [0.15, 0.2) is 46.2 Å². The van der Waals surface area contributed by atoms with Gasteiger partial charge < -0.3 is 4.74 Å². The maximum Gasteiger partial charge on any atom is 0.351 e. The SMILES string of the molecule is COc1ccc(-n2ccn3c(=O)n(CC#N)nc3c2=O)cc1. The van der Waals surface area contributed by atoms with Gasteiger partial charge in [-0.15, -0.1) is 5.10 Å². The summed E-state index contributed by atoms with van der Waals surface area (Å²) in [6, 6.07) is 8.73. The first-order valence-electron chi connectivity index (χ1n) is 6.38. The Morgan fingerprint density at radius 3 is 2.59 bits per heavy atom. The van der Waals surface area contributed by atoms with Gasteiger partial charge in [0.15, 0.2) is 0 Å². The molecule has 0 aliphatic carbocycles. The Hall–Kier alpha value is -3.34. The van der Waals surface area contributed by atoms with Gasteiger partial charge in [0, 0.05) is 18.1 Å². The zero-order chi connectivity index (χ0) is 15.7. The van der Waals surface area contributed by atoms with Gasteiger partial charge in [-0.05, 0) is 24.3 Å². The summed E-state index contributed by atoms with van der Waals surface area (Å²) >= 11 is 0. The number of aromatic nitrogens is 4. The molecule has 0 radical (unpaired) electrons. The molecule has 0 fully saturated rings. The van der Waals surface area contributed by atoms with Crippen molar-refractivity contribution in [3.63, 3.8) is 0 Å². The number of methoxy groups -OCH3 is 1. The lowest BCUT2D eigenvalue weighted by Gasteiger charge is -2.06. The van der Waals surface area contributed by atoms with Crippen LogP contribution in [0.4, 0.5) is 0 Å². The van der Waals surface area contributed by atoms with E-state index in [9.17, 15) is 9.59 Å². The molecule has 0 saturated carbocycles. The van der Waals surface area contributed by atoms with E-state index in [1.54, 1.807) is 31.4 Å². The number of fused-ring (bicyclic) bond motifs is 1. The summed E-state index contributed by atoms with van der Waals surface area (Å²) in [6.07, 6.45) is 2.93. The number of nitriles is 1. The van der Waals surface area contributed by atoms with Crippen LogP contribution in [-0.2, 0) is 6.54 Å². The van der Waals surface area contributed by atoms with E-state index in [-0.39, 0.29) is 12.2 Å². The largest absolute Gasteiger partial charge is 0.497 e. The Kier molecular flexibility index (Phi) is 3.23.